The summed E-state index contributed by atoms with van der Waals surface area (Å²) in [4.78, 5) is 4.39. The molecular weight excluding hydrogens is 224 g/mol. The minimum absolute atomic E-state index is 0.311. The van der Waals surface area contributed by atoms with E-state index < -0.39 is 0 Å². The number of pyridine rings is 1. The van der Waals surface area contributed by atoms with Crippen molar-refractivity contribution in [3.8, 4) is 0 Å². The Labute approximate surface area is 99.6 Å². The third-order valence-electron chi connectivity index (χ3n) is 2.31. The standard InChI is InChI=1S/C10H14N4OS/c11-10(16)9-7-8(1-2-12-9)13-14-3-5-15-6-4-14/h1-2,7H,3-6H2,(H2,11,16)(H,12,13). The van der Waals surface area contributed by atoms with Crippen LogP contribution >= 0.6 is 12.2 Å². The SMILES string of the molecule is NC(=S)c1cc(NN2CCOCC2)ccn1. The molecule has 0 unspecified atom stereocenters. The van der Waals surface area contributed by atoms with E-state index in [4.69, 9.17) is 22.7 Å². The van der Waals surface area contributed by atoms with Gasteiger partial charge in [0.05, 0.1) is 24.6 Å². The number of hydrazine groups is 1. The van der Waals surface area contributed by atoms with Gasteiger partial charge < -0.3 is 15.9 Å². The number of nitrogens with two attached hydrogens (primary N) is 1. The van der Waals surface area contributed by atoms with Crippen LogP contribution in [-0.4, -0.2) is 41.3 Å². The molecule has 2 rings (SSSR count). The van der Waals surface area contributed by atoms with E-state index >= 15 is 0 Å². The predicted octanol–water partition coefficient (Wildman–Crippen LogP) is 0.375. The van der Waals surface area contributed by atoms with Crippen LogP contribution in [0.15, 0.2) is 18.3 Å². The molecule has 0 bridgehead atoms. The molecule has 86 valence electrons. The molecule has 0 radical (unpaired) electrons. The van der Waals surface area contributed by atoms with E-state index in [0.717, 1.165) is 32.0 Å². The predicted molar refractivity (Wildman–Crippen MR) is 66.1 cm³/mol. The van der Waals surface area contributed by atoms with Crippen molar-refractivity contribution in [2.24, 2.45) is 5.73 Å². The van der Waals surface area contributed by atoms with E-state index in [1.807, 2.05) is 12.1 Å². The fourth-order valence-corrected chi connectivity index (χ4v) is 1.60. The molecule has 1 fully saturated rings. The zero-order chi connectivity index (χ0) is 11.4. The van der Waals surface area contributed by atoms with E-state index in [1.54, 1.807) is 6.20 Å². The Morgan fingerprint density at radius 3 is 2.94 bits per heavy atom. The molecular formula is C10H14N4OS. The molecule has 0 saturated carbocycles. The first-order valence-electron chi connectivity index (χ1n) is 5.11. The highest BCUT2D eigenvalue weighted by molar-refractivity contribution is 7.80. The Bertz CT molecular complexity index is 379. The highest BCUT2D eigenvalue weighted by atomic mass is 32.1. The first-order chi connectivity index (χ1) is 7.75. The molecule has 1 aromatic rings. The maximum absolute atomic E-state index is 5.52. The van der Waals surface area contributed by atoms with Crippen molar-refractivity contribution < 1.29 is 4.74 Å². The van der Waals surface area contributed by atoms with Crippen molar-refractivity contribution in [3.05, 3.63) is 24.0 Å². The summed E-state index contributed by atoms with van der Waals surface area (Å²) in [6.45, 7) is 3.23. The number of rotatable bonds is 3. The Kier molecular flexibility index (Phi) is 3.66. The molecule has 0 aliphatic carbocycles. The second-order valence-corrected chi connectivity index (χ2v) is 3.95. The van der Waals surface area contributed by atoms with E-state index in [-0.39, 0.29) is 0 Å². The lowest BCUT2D eigenvalue weighted by molar-refractivity contribution is 0.0497. The monoisotopic (exact) mass is 238 g/mol. The van der Waals surface area contributed by atoms with Crippen LogP contribution in [0, 0.1) is 0 Å². The Hall–Kier alpha value is -1.24. The molecule has 5 nitrogen and oxygen atoms in total. The molecule has 1 aliphatic heterocycles. The summed E-state index contributed by atoms with van der Waals surface area (Å²) >= 11 is 4.88. The van der Waals surface area contributed by atoms with Crippen LogP contribution in [0.3, 0.4) is 0 Å². The number of hydrogen-bond donors (Lipinski definition) is 2. The summed E-state index contributed by atoms with van der Waals surface area (Å²) < 4.78 is 5.26. The molecule has 0 amide bonds. The number of nitrogens with one attached hydrogen (secondary N) is 1. The first-order valence-corrected chi connectivity index (χ1v) is 5.52. The van der Waals surface area contributed by atoms with Gasteiger partial charge in [-0.05, 0) is 12.1 Å². The molecule has 0 atom stereocenters. The molecule has 0 spiro atoms. The molecule has 6 heteroatoms. The minimum Gasteiger partial charge on any atom is -0.388 e. The highest BCUT2D eigenvalue weighted by Gasteiger charge is 2.10. The summed E-state index contributed by atoms with van der Waals surface area (Å²) in [5.74, 6) is 0. The van der Waals surface area contributed by atoms with E-state index in [2.05, 4.69) is 15.4 Å². The van der Waals surface area contributed by atoms with Crippen molar-refractivity contribution in [1.82, 2.24) is 9.99 Å². The molecule has 1 saturated heterocycles. The zero-order valence-electron chi connectivity index (χ0n) is 8.85. The van der Waals surface area contributed by atoms with Crippen LogP contribution in [0.2, 0.25) is 0 Å². The van der Waals surface area contributed by atoms with Crippen molar-refractivity contribution in [3.63, 3.8) is 0 Å². The molecule has 0 aromatic carbocycles. The van der Waals surface area contributed by atoms with E-state index in [0.29, 0.717) is 10.7 Å². The number of aromatic nitrogens is 1. The molecule has 16 heavy (non-hydrogen) atoms. The number of nitrogens with zero attached hydrogens (tertiary/aromatic N) is 2. The van der Waals surface area contributed by atoms with Gasteiger partial charge in [0.2, 0.25) is 0 Å². The van der Waals surface area contributed by atoms with Gasteiger partial charge in [0.1, 0.15) is 4.99 Å². The van der Waals surface area contributed by atoms with E-state index in [1.165, 1.54) is 0 Å². The highest BCUT2D eigenvalue weighted by Crippen LogP contribution is 2.10. The third kappa shape index (κ3) is 2.88. The minimum atomic E-state index is 0.311. The number of anilines is 1. The van der Waals surface area contributed by atoms with Crippen LogP contribution in [0.25, 0.3) is 0 Å². The van der Waals surface area contributed by atoms with Gasteiger partial charge in [0.15, 0.2) is 0 Å². The van der Waals surface area contributed by atoms with Crippen molar-refractivity contribution >= 4 is 22.9 Å². The van der Waals surface area contributed by atoms with Crippen LogP contribution in [0.5, 0.6) is 0 Å². The summed E-state index contributed by atoms with van der Waals surface area (Å²) in [6, 6.07) is 3.73. The fraction of sp³-hybridized carbons (Fsp3) is 0.400. The maximum atomic E-state index is 5.52. The molecule has 2 heterocycles. The van der Waals surface area contributed by atoms with Gasteiger partial charge in [0, 0.05) is 19.3 Å². The van der Waals surface area contributed by atoms with Crippen LogP contribution in [0.1, 0.15) is 5.69 Å². The average Bonchev–Trinajstić information content (AvgIpc) is 2.30. The summed E-state index contributed by atoms with van der Waals surface area (Å²) in [7, 11) is 0. The van der Waals surface area contributed by atoms with Gasteiger partial charge in [-0.15, -0.1) is 0 Å². The number of morpholine rings is 1. The third-order valence-corrected chi connectivity index (χ3v) is 2.52. The van der Waals surface area contributed by atoms with Gasteiger partial charge in [-0.2, -0.15) is 0 Å². The van der Waals surface area contributed by atoms with Gasteiger partial charge in [-0.3, -0.25) is 4.98 Å². The first kappa shape index (κ1) is 11.3. The van der Waals surface area contributed by atoms with Crippen LogP contribution in [-0.2, 0) is 4.74 Å². The summed E-state index contributed by atoms with van der Waals surface area (Å²) in [5, 5.41) is 2.10. The topological polar surface area (TPSA) is 63.4 Å². The molecule has 1 aliphatic rings. The van der Waals surface area contributed by atoms with Crippen molar-refractivity contribution in [2.45, 2.75) is 0 Å². The average molecular weight is 238 g/mol. The van der Waals surface area contributed by atoms with Gasteiger partial charge >= 0.3 is 0 Å². The summed E-state index contributed by atoms with van der Waals surface area (Å²) in [5.41, 5.74) is 10.4. The van der Waals surface area contributed by atoms with Crippen LogP contribution in [0.4, 0.5) is 5.69 Å². The second-order valence-electron chi connectivity index (χ2n) is 3.51. The zero-order valence-corrected chi connectivity index (χ0v) is 9.67. The lowest BCUT2D eigenvalue weighted by Crippen LogP contribution is -2.40. The molecule has 1 aromatic heterocycles. The molecule has 3 N–H and O–H groups in total. The largest absolute Gasteiger partial charge is 0.388 e. The van der Waals surface area contributed by atoms with Crippen molar-refractivity contribution in [1.29, 1.82) is 0 Å². The van der Waals surface area contributed by atoms with Crippen LogP contribution < -0.4 is 11.2 Å². The lowest BCUT2D eigenvalue weighted by Gasteiger charge is -2.27. The number of thiocarbonyl (C=S) groups is 1. The summed E-state index contributed by atoms with van der Waals surface area (Å²) in [6.07, 6.45) is 1.69. The van der Waals surface area contributed by atoms with Crippen molar-refractivity contribution in [2.75, 3.05) is 31.7 Å². The smallest absolute Gasteiger partial charge is 0.122 e. The van der Waals surface area contributed by atoms with Gasteiger partial charge in [-0.25, -0.2) is 5.01 Å². The number of ether oxygens (including phenoxy) is 1. The van der Waals surface area contributed by atoms with Gasteiger partial charge in [-0.1, -0.05) is 12.2 Å². The lowest BCUT2D eigenvalue weighted by atomic mass is 10.3. The normalized spacial score (nSPS) is 17.0. The Balaban J connectivity index is 2.02. The Morgan fingerprint density at radius 1 is 1.50 bits per heavy atom. The van der Waals surface area contributed by atoms with Gasteiger partial charge in [0.25, 0.3) is 0 Å². The number of hydrogen-bond acceptors (Lipinski definition) is 5. The Morgan fingerprint density at radius 2 is 2.25 bits per heavy atom. The fourth-order valence-electron chi connectivity index (χ4n) is 1.49. The maximum Gasteiger partial charge on any atom is 0.122 e. The van der Waals surface area contributed by atoms with E-state index in [9.17, 15) is 0 Å². The second kappa shape index (κ2) is 5.20. The quantitative estimate of drug-likeness (QED) is 0.742.